The number of nitrogens with zero attached hydrogens (tertiary/aromatic N) is 2. The summed E-state index contributed by atoms with van der Waals surface area (Å²) in [4.78, 5) is 36.4. The third-order valence-electron chi connectivity index (χ3n) is 7.35. The monoisotopic (exact) mass is 582 g/mol. The molecule has 0 aliphatic heterocycles. The highest BCUT2D eigenvalue weighted by molar-refractivity contribution is 6.08. The lowest BCUT2D eigenvalue weighted by atomic mass is 10.0. The van der Waals surface area contributed by atoms with Crippen LogP contribution in [0, 0.1) is 0 Å². The minimum absolute atomic E-state index is 0.238. The Balaban J connectivity index is 1.19. The van der Waals surface area contributed by atoms with Gasteiger partial charge in [0.05, 0.1) is 47.8 Å². The molecule has 0 saturated heterocycles. The summed E-state index contributed by atoms with van der Waals surface area (Å²) in [6.07, 6.45) is 0. The molecule has 8 heteroatoms. The summed E-state index contributed by atoms with van der Waals surface area (Å²) >= 11 is 0. The Hall–Kier alpha value is -5.76. The van der Waals surface area contributed by atoms with Crippen molar-refractivity contribution in [3.8, 4) is 34.0 Å². The van der Waals surface area contributed by atoms with Gasteiger partial charge in [0.25, 0.3) is 11.8 Å². The highest BCUT2D eigenvalue weighted by Crippen LogP contribution is 2.28. The average Bonchev–Trinajstić information content (AvgIpc) is 3.08. The highest BCUT2D eigenvalue weighted by atomic mass is 16.5. The van der Waals surface area contributed by atoms with Gasteiger partial charge in [0.15, 0.2) is 0 Å². The molecular formula is C36H30N4O4. The van der Waals surface area contributed by atoms with Crippen LogP contribution in [0.3, 0.4) is 0 Å². The molecule has 0 saturated carbocycles. The number of para-hydroxylation sites is 2. The number of hydrogen-bond acceptors (Lipinski definition) is 6. The summed E-state index contributed by atoms with van der Waals surface area (Å²) in [6.45, 7) is 0.475. The Morgan fingerprint density at radius 2 is 1.00 bits per heavy atom. The van der Waals surface area contributed by atoms with Gasteiger partial charge < -0.3 is 20.1 Å². The molecular weight excluding hydrogens is 552 g/mol. The van der Waals surface area contributed by atoms with Crippen molar-refractivity contribution in [2.45, 2.75) is 0 Å². The van der Waals surface area contributed by atoms with Crippen LogP contribution in [0.15, 0.2) is 109 Å². The molecule has 4 aromatic carbocycles. The van der Waals surface area contributed by atoms with E-state index in [9.17, 15) is 9.59 Å². The van der Waals surface area contributed by atoms with Gasteiger partial charge in [-0.15, -0.1) is 0 Å². The maximum absolute atomic E-state index is 13.4. The average molecular weight is 583 g/mol. The largest absolute Gasteiger partial charge is 0.497 e. The highest BCUT2D eigenvalue weighted by Gasteiger charge is 2.16. The molecule has 0 aliphatic carbocycles. The van der Waals surface area contributed by atoms with E-state index < -0.39 is 0 Å². The van der Waals surface area contributed by atoms with E-state index in [1.54, 1.807) is 26.4 Å². The first-order chi connectivity index (χ1) is 21.5. The van der Waals surface area contributed by atoms with Crippen molar-refractivity contribution in [1.29, 1.82) is 0 Å². The van der Waals surface area contributed by atoms with Gasteiger partial charge in [-0.1, -0.05) is 60.7 Å². The van der Waals surface area contributed by atoms with Crippen molar-refractivity contribution in [2.24, 2.45) is 0 Å². The number of carbonyl (C=O) groups is 2. The Kier molecular flexibility index (Phi) is 8.14. The van der Waals surface area contributed by atoms with Crippen LogP contribution in [0.1, 0.15) is 20.7 Å². The van der Waals surface area contributed by atoms with E-state index in [2.05, 4.69) is 10.6 Å². The summed E-state index contributed by atoms with van der Waals surface area (Å²) in [6, 6.07) is 33.8. The Morgan fingerprint density at radius 3 is 1.43 bits per heavy atom. The topological polar surface area (TPSA) is 102 Å². The Labute approximate surface area is 254 Å². The molecule has 0 spiro atoms. The molecule has 0 atom stereocenters. The van der Waals surface area contributed by atoms with Gasteiger partial charge in [-0.25, -0.2) is 9.97 Å². The predicted octanol–water partition coefficient (Wildman–Crippen LogP) is 6.29. The Morgan fingerprint density at radius 1 is 0.568 bits per heavy atom. The normalized spacial score (nSPS) is 10.9. The second kappa shape index (κ2) is 12.6. The molecule has 0 bridgehead atoms. The smallest absolute Gasteiger partial charge is 0.252 e. The Bertz CT molecular complexity index is 1860. The molecule has 2 N–H and O–H groups in total. The van der Waals surface area contributed by atoms with Crippen molar-refractivity contribution in [3.05, 3.63) is 120 Å². The fraction of sp³-hybridized carbons (Fsp3) is 0.111. The first-order valence-electron chi connectivity index (χ1n) is 14.2. The second-order valence-electron chi connectivity index (χ2n) is 10.1. The maximum atomic E-state index is 13.4. The molecule has 0 fully saturated rings. The molecule has 2 aromatic heterocycles. The lowest BCUT2D eigenvalue weighted by molar-refractivity contribution is 0.0929. The third kappa shape index (κ3) is 5.91. The van der Waals surface area contributed by atoms with Crippen LogP contribution in [-0.4, -0.2) is 49.1 Å². The van der Waals surface area contributed by atoms with Crippen molar-refractivity contribution in [3.63, 3.8) is 0 Å². The maximum Gasteiger partial charge on any atom is 0.252 e. The van der Waals surface area contributed by atoms with Crippen molar-refractivity contribution in [2.75, 3.05) is 27.3 Å². The number of ether oxygens (including phenoxy) is 2. The number of pyridine rings is 2. The van der Waals surface area contributed by atoms with Crippen LogP contribution in [-0.2, 0) is 0 Å². The number of methoxy groups -OCH3 is 2. The number of amides is 2. The van der Waals surface area contributed by atoms with Crippen LogP contribution in [0.4, 0.5) is 0 Å². The van der Waals surface area contributed by atoms with Gasteiger partial charge in [0.1, 0.15) is 11.5 Å². The zero-order valence-corrected chi connectivity index (χ0v) is 24.3. The van der Waals surface area contributed by atoms with Crippen LogP contribution in [0.25, 0.3) is 44.3 Å². The number of benzene rings is 4. The number of aromatic nitrogens is 2. The first-order valence-corrected chi connectivity index (χ1v) is 14.2. The molecule has 0 radical (unpaired) electrons. The molecule has 6 rings (SSSR count). The minimum atomic E-state index is -0.253. The van der Waals surface area contributed by atoms with E-state index in [0.29, 0.717) is 45.0 Å². The molecule has 0 unspecified atom stereocenters. The molecule has 0 aliphatic rings. The van der Waals surface area contributed by atoms with Crippen LogP contribution in [0.2, 0.25) is 0 Å². The molecule has 8 nitrogen and oxygen atoms in total. The summed E-state index contributed by atoms with van der Waals surface area (Å²) in [5.74, 6) is 0.905. The number of rotatable bonds is 9. The van der Waals surface area contributed by atoms with Gasteiger partial charge in [-0.2, -0.15) is 0 Å². The molecule has 6 aromatic rings. The summed E-state index contributed by atoms with van der Waals surface area (Å²) < 4.78 is 10.7. The standard InChI is InChI=1S/C36H30N4O4/c1-43-25-11-7-9-23(19-25)33-21-29(27-13-3-5-15-31(27)39-33)35(41)37-17-18-38-36(42)30-22-34(24-10-8-12-26(20-24)44-2)40-32-16-6-4-14-28(30)32/h3-16,19-22H,17-18H2,1-2H3,(H,37,41)(H,38,42). The third-order valence-corrected chi connectivity index (χ3v) is 7.35. The van der Waals surface area contributed by atoms with E-state index in [1.807, 2.05) is 97.1 Å². The lowest BCUT2D eigenvalue weighted by Gasteiger charge is -2.13. The van der Waals surface area contributed by atoms with Crippen LogP contribution in [0.5, 0.6) is 11.5 Å². The fourth-order valence-corrected chi connectivity index (χ4v) is 5.13. The zero-order valence-electron chi connectivity index (χ0n) is 24.3. The number of nitrogens with one attached hydrogen (secondary N) is 2. The number of hydrogen-bond donors (Lipinski definition) is 2. The van der Waals surface area contributed by atoms with E-state index in [-0.39, 0.29) is 24.9 Å². The van der Waals surface area contributed by atoms with Gasteiger partial charge >= 0.3 is 0 Å². The zero-order chi connectivity index (χ0) is 30.5. The van der Waals surface area contributed by atoms with E-state index in [0.717, 1.165) is 21.9 Å². The van der Waals surface area contributed by atoms with Crippen molar-refractivity contribution in [1.82, 2.24) is 20.6 Å². The molecule has 44 heavy (non-hydrogen) atoms. The number of fused-ring (bicyclic) bond motifs is 2. The van der Waals surface area contributed by atoms with Crippen molar-refractivity contribution < 1.29 is 19.1 Å². The summed E-state index contributed by atoms with van der Waals surface area (Å²) in [5, 5.41) is 7.40. The van der Waals surface area contributed by atoms with Gasteiger partial charge in [0, 0.05) is 35.0 Å². The van der Waals surface area contributed by atoms with Crippen molar-refractivity contribution >= 4 is 33.6 Å². The quantitative estimate of drug-likeness (QED) is 0.194. The summed E-state index contributed by atoms with van der Waals surface area (Å²) in [5.41, 5.74) is 5.44. The fourth-order valence-electron chi connectivity index (χ4n) is 5.13. The van der Waals surface area contributed by atoms with E-state index in [1.165, 1.54) is 0 Å². The molecule has 218 valence electrons. The van der Waals surface area contributed by atoms with Gasteiger partial charge in [-0.05, 0) is 48.5 Å². The van der Waals surface area contributed by atoms with Crippen LogP contribution < -0.4 is 20.1 Å². The first kappa shape index (κ1) is 28.4. The van der Waals surface area contributed by atoms with Gasteiger partial charge in [-0.3, -0.25) is 9.59 Å². The predicted molar refractivity (Wildman–Crippen MR) is 172 cm³/mol. The molecule has 2 heterocycles. The lowest BCUT2D eigenvalue weighted by Crippen LogP contribution is -2.35. The summed E-state index contributed by atoms with van der Waals surface area (Å²) in [7, 11) is 3.22. The van der Waals surface area contributed by atoms with Crippen LogP contribution >= 0.6 is 0 Å². The SMILES string of the molecule is COc1cccc(-c2cc(C(=O)NCCNC(=O)c3cc(-c4cccc(OC)c4)nc4ccccc34)c3ccccc3n2)c1. The number of carbonyl (C=O) groups excluding carboxylic acids is 2. The second-order valence-corrected chi connectivity index (χ2v) is 10.1. The molecule has 2 amide bonds. The van der Waals surface area contributed by atoms with Gasteiger partial charge in [0.2, 0.25) is 0 Å². The minimum Gasteiger partial charge on any atom is -0.497 e. The van der Waals surface area contributed by atoms with E-state index >= 15 is 0 Å². The van der Waals surface area contributed by atoms with E-state index in [4.69, 9.17) is 19.4 Å².